The van der Waals surface area contributed by atoms with Crippen molar-refractivity contribution in [3.05, 3.63) is 41.6 Å². The van der Waals surface area contributed by atoms with Crippen molar-refractivity contribution in [2.75, 3.05) is 0 Å². The van der Waals surface area contributed by atoms with Gasteiger partial charge in [0.15, 0.2) is 0 Å². The zero-order valence-corrected chi connectivity index (χ0v) is 49.1. The average molecular weight is 875 g/mol. The maximum atomic E-state index is 3.19. The van der Waals surface area contributed by atoms with E-state index in [9.17, 15) is 0 Å². The molecule has 0 aliphatic heterocycles. The van der Waals surface area contributed by atoms with Crippen LogP contribution in [-0.4, -0.2) is 62.5 Å². The fourth-order valence-corrected chi connectivity index (χ4v) is 162. The molecule has 1 rings (SSSR count). The summed E-state index contributed by atoms with van der Waals surface area (Å²) in [5, 5.41) is 2.89. The first-order valence-corrected chi connectivity index (χ1v) is 39.1. The van der Waals surface area contributed by atoms with Gasteiger partial charge in [0, 0.05) is 0 Å². The second-order valence-corrected chi connectivity index (χ2v) is 76.2. The first-order valence-electron chi connectivity index (χ1n) is 20.5. The summed E-state index contributed by atoms with van der Waals surface area (Å²) in [5.74, 6) is 0. The van der Waals surface area contributed by atoms with Crippen molar-refractivity contribution in [1.82, 2.24) is 0 Å². The summed E-state index contributed by atoms with van der Waals surface area (Å²) in [6, 6.07) is 11.5. The van der Waals surface area contributed by atoms with Gasteiger partial charge < -0.3 is 0 Å². The number of rotatable bonds is 6. The zero-order chi connectivity index (χ0) is 42.6. The molecule has 0 saturated heterocycles. The molecule has 0 fully saturated rings. The van der Waals surface area contributed by atoms with E-state index in [4.69, 9.17) is 0 Å². The van der Waals surface area contributed by atoms with Gasteiger partial charge in [-0.2, -0.15) is 0 Å². The van der Waals surface area contributed by atoms with E-state index in [2.05, 4.69) is 251 Å². The standard InChI is InChI=1S/C36H72GeSi5.C9H21Si/c1-31(2,3)39(20,32(4,5)6)38(19)42(28-30(37)29-26-24-23-25-27-29,40(21,33(7,8)9)34(10,11)12)41(22,35(13,14)15)36(16,17)18;1-8(2,3)10(7)9(4,5)6/h23-28H,1-22H3;1-7H3/b30-28-;. The fourth-order valence-electron chi connectivity index (χ4n) is 10.9. The van der Waals surface area contributed by atoms with Gasteiger partial charge in [0.25, 0.3) is 0 Å². The van der Waals surface area contributed by atoms with Gasteiger partial charge in [0.1, 0.15) is 0 Å². The van der Waals surface area contributed by atoms with Crippen LogP contribution >= 0.6 is 0 Å². The van der Waals surface area contributed by atoms with Crippen LogP contribution in [0.4, 0.5) is 0 Å². The predicted octanol–water partition coefficient (Wildman–Crippen LogP) is 16.4. The van der Waals surface area contributed by atoms with E-state index in [0.717, 1.165) is 0 Å². The molecule has 0 spiro atoms. The van der Waals surface area contributed by atoms with E-state index in [-0.39, 0.29) is 28.9 Å². The van der Waals surface area contributed by atoms with Gasteiger partial charge in [-0.05, 0) is 10.1 Å². The number of hydrogen-bond donors (Lipinski definition) is 0. The van der Waals surface area contributed by atoms with Crippen molar-refractivity contribution in [3.8, 4) is 0 Å². The van der Waals surface area contributed by atoms with E-state index in [1.807, 2.05) is 0 Å². The van der Waals surface area contributed by atoms with Gasteiger partial charge in [-0.15, -0.1) is 0 Å². The Balaban J connectivity index is 0.00000225. The molecule has 7 heteroatoms. The second kappa shape index (κ2) is 16.2. The Kier molecular flexibility index (Phi) is 16.5. The molecule has 301 valence electrons. The molecule has 1 aromatic rings. The molecule has 52 heavy (non-hydrogen) atoms. The van der Waals surface area contributed by atoms with Crippen LogP contribution in [0.1, 0.15) is 172 Å². The Morgan fingerprint density at radius 3 is 0.942 bits per heavy atom. The van der Waals surface area contributed by atoms with Gasteiger partial charge in [-0.1, -0.05) is 48.1 Å². The monoisotopic (exact) mass is 876 g/mol. The molecular formula is C45H93GeSi6. The van der Waals surface area contributed by atoms with Crippen molar-refractivity contribution in [2.45, 2.75) is 239 Å². The summed E-state index contributed by atoms with van der Waals surface area (Å²) < 4.78 is 1.57. The van der Waals surface area contributed by atoms with E-state index in [1.165, 1.54) is 5.56 Å². The summed E-state index contributed by atoms with van der Waals surface area (Å²) >= 11 is 2.50. The molecule has 1 aromatic carbocycles. The van der Waals surface area contributed by atoms with Gasteiger partial charge in [-0.25, -0.2) is 0 Å². The molecule has 0 aliphatic carbocycles. The Hall–Kier alpha value is 0.804. The molecule has 0 aromatic heterocycles. The maximum absolute atomic E-state index is 3.19. The van der Waals surface area contributed by atoms with E-state index in [0.29, 0.717) is 20.2 Å². The molecule has 0 atom stereocenters. The molecule has 0 N–H and O–H groups in total. The second-order valence-electron chi connectivity index (χ2n) is 25.4. The molecule has 0 heterocycles. The SMILES string of the molecule is C[Si](C(C)(C)C)C(C)(C)C.C[Si]([Si](C)(C(C)(C)C)C(C)(C)C)[Si](/C=[C](\[Ge])c1ccccc1)([Si](C)(C(C)(C)C)C(C)(C)C)[Si](C)(C(C)(C)C)C(C)(C)C. The van der Waals surface area contributed by atoms with Crippen LogP contribution in [0.15, 0.2) is 36.0 Å². The first kappa shape index (κ1) is 52.8. The number of hydrogen-bond acceptors (Lipinski definition) is 0. The first-order chi connectivity index (χ1) is 22.3. The molecule has 0 saturated carbocycles. The third kappa shape index (κ3) is 9.73. The van der Waals surface area contributed by atoms with Crippen molar-refractivity contribution < 1.29 is 0 Å². The molecule has 0 amide bonds. The minimum absolute atomic E-state index is 0.221. The minimum atomic E-state index is -2.27. The quantitative estimate of drug-likeness (QED) is 0.250. The van der Waals surface area contributed by atoms with Gasteiger partial charge in [0.05, 0.1) is 8.80 Å². The normalized spacial score (nSPS) is 16.0. The fraction of sp³-hybridized carbons (Fsp3) is 0.822. The Labute approximate surface area is 345 Å². The topological polar surface area (TPSA) is 0 Å². The molecule has 0 unspecified atom stereocenters. The molecule has 0 nitrogen and oxygen atoms in total. The van der Waals surface area contributed by atoms with Crippen LogP contribution in [0.5, 0.6) is 0 Å². The Bertz CT molecular complexity index is 1230. The average Bonchev–Trinajstić information content (AvgIpc) is 2.89. The van der Waals surface area contributed by atoms with Crippen LogP contribution in [0, 0.1) is 0 Å². The molecule has 5 radical (unpaired) electrons. The zero-order valence-electron chi connectivity index (χ0n) is 41.0. The van der Waals surface area contributed by atoms with Crippen LogP contribution in [-0.2, 0) is 0 Å². The third-order valence-corrected chi connectivity index (χ3v) is 116. The van der Waals surface area contributed by atoms with Crippen LogP contribution < -0.4 is 0 Å². The summed E-state index contributed by atoms with van der Waals surface area (Å²) in [6.07, 6.45) is 0. The number of benzene rings is 1. The van der Waals surface area contributed by atoms with E-state index >= 15 is 0 Å². The summed E-state index contributed by atoms with van der Waals surface area (Å²) in [5.41, 5.74) is 4.63. The van der Waals surface area contributed by atoms with Crippen molar-refractivity contribution in [3.63, 3.8) is 0 Å². The van der Waals surface area contributed by atoms with Crippen LogP contribution in [0.25, 0.3) is 4.41 Å². The predicted molar refractivity (Wildman–Crippen MR) is 262 cm³/mol. The van der Waals surface area contributed by atoms with Crippen LogP contribution in [0.3, 0.4) is 0 Å². The Morgan fingerprint density at radius 2 is 0.750 bits per heavy atom. The summed E-state index contributed by atoms with van der Waals surface area (Å²) in [7, 11) is -7.20. The summed E-state index contributed by atoms with van der Waals surface area (Å²) in [4.78, 5) is 0. The molecule has 0 aliphatic rings. The molecular weight excluding hydrogens is 782 g/mol. The van der Waals surface area contributed by atoms with E-state index < -0.39 is 37.2 Å². The summed E-state index contributed by atoms with van der Waals surface area (Å²) in [6.45, 7) is 74.1. The van der Waals surface area contributed by atoms with E-state index in [1.54, 1.807) is 4.41 Å². The third-order valence-electron chi connectivity index (χ3n) is 15.6. The van der Waals surface area contributed by atoms with Crippen molar-refractivity contribution >= 4 is 66.9 Å². The van der Waals surface area contributed by atoms with Gasteiger partial charge in [0.2, 0.25) is 0 Å². The van der Waals surface area contributed by atoms with Crippen molar-refractivity contribution in [1.29, 1.82) is 0 Å². The van der Waals surface area contributed by atoms with Gasteiger partial charge in [-0.3, -0.25) is 0 Å². The van der Waals surface area contributed by atoms with Gasteiger partial charge >= 0.3 is 281 Å². The molecule has 0 bridgehead atoms. The van der Waals surface area contributed by atoms with Crippen LogP contribution in [0.2, 0.25) is 73.0 Å². The Morgan fingerprint density at radius 1 is 0.481 bits per heavy atom. The van der Waals surface area contributed by atoms with Crippen molar-refractivity contribution in [2.24, 2.45) is 0 Å².